The lowest BCUT2D eigenvalue weighted by Gasteiger charge is -2.25. The van der Waals surface area contributed by atoms with E-state index < -0.39 is 0 Å². The lowest BCUT2D eigenvalue weighted by molar-refractivity contribution is 0.289. The number of rotatable bonds is 9. The SMILES string of the molecule is CCCNCc1ccccc1N(CC)CCCO. The van der Waals surface area contributed by atoms with Gasteiger partial charge in [0.25, 0.3) is 0 Å². The van der Waals surface area contributed by atoms with Gasteiger partial charge >= 0.3 is 0 Å². The summed E-state index contributed by atoms with van der Waals surface area (Å²) in [6, 6.07) is 8.52. The number of hydrogen-bond acceptors (Lipinski definition) is 3. The number of aliphatic hydroxyl groups excluding tert-OH is 1. The first-order valence-electron chi connectivity index (χ1n) is 6.97. The summed E-state index contributed by atoms with van der Waals surface area (Å²) in [6.45, 7) is 8.46. The Morgan fingerprint density at radius 2 is 2.00 bits per heavy atom. The lowest BCUT2D eigenvalue weighted by atomic mass is 10.1. The van der Waals surface area contributed by atoms with Crippen LogP contribution in [0.15, 0.2) is 24.3 Å². The van der Waals surface area contributed by atoms with Gasteiger partial charge in [-0.3, -0.25) is 0 Å². The second-order valence-electron chi connectivity index (χ2n) is 4.46. The van der Waals surface area contributed by atoms with Gasteiger partial charge in [-0.25, -0.2) is 0 Å². The molecule has 0 saturated heterocycles. The fourth-order valence-electron chi connectivity index (χ4n) is 2.08. The first-order chi connectivity index (χ1) is 8.83. The van der Waals surface area contributed by atoms with Gasteiger partial charge in [-0.1, -0.05) is 25.1 Å². The topological polar surface area (TPSA) is 35.5 Å². The highest BCUT2D eigenvalue weighted by Gasteiger charge is 2.08. The molecule has 0 bridgehead atoms. The molecule has 1 aromatic rings. The van der Waals surface area contributed by atoms with Crippen LogP contribution in [0.3, 0.4) is 0 Å². The molecule has 0 unspecified atom stereocenters. The zero-order chi connectivity index (χ0) is 13.2. The second-order valence-corrected chi connectivity index (χ2v) is 4.46. The number of hydrogen-bond donors (Lipinski definition) is 2. The molecule has 0 heterocycles. The van der Waals surface area contributed by atoms with Crippen molar-refractivity contribution in [3.63, 3.8) is 0 Å². The van der Waals surface area contributed by atoms with Crippen molar-refractivity contribution in [3.8, 4) is 0 Å². The molecular weight excluding hydrogens is 224 g/mol. The third kappa shape index (κ3) is 4.67. The Morgan fingerprint density at radius 1 is 1.22 bits per heavy atom. The fourth-order valence-corrected chi connectivity index (χ4v) is 2.08. The number of nitrogens with zero attached hydrogens (tertiary/aromatic N) is 1. The molecule has 102 valence electrons. The number of para-hydroxylation sites is 1. The number of aliphatic hydroxyl groups is 1. The molecule has 1 rings (SSSR count). The highest BCUT2D eigenvalue weighted by molar-refractivity contribution is 5.53. The Bertz CT molecular complexity index is 328. The van der Waals surface area contributed by atoms with E-state index in [-0.39, 0.29) is 6.61 Å². The van der Waals surface area contributed by atoms with Crippen molar-refractivity contribution in [3.05, 3.63) is 29.8 Å². The minimum Gasteiger partial charge on any atom is -0.396 e. The maximum absolute atomic E-state index is 8.96. The monoisotopic (exact) mass is 250 g/mol. The van der Waals surface area contributed by atoms with Gasteiger partial charge in [0.1, 0.15) is 0 Å². The van der Waals surface area contributed by atoms with Crippen molar-refractivity contribution < 1.29 is 5.11 Å². The van der Waals surface area contributed by atoms with Crippen LogP contribution >= 0.6 is 0 Å². The minimum atomic E-state index is 0.257. The molecule has 3 heteroatoms. The van der Waals surface area contributed by atoms with Crippen molar-refractivity contribution >= 4 is 5.69 Å². The predicted molar refractivity (Wildman–Crippen MR) is 78.0 cm³/mol. The van der Waals surface area contributed by atoms with E-state index in [9.17, 15) is 0 Å². The maximum atomic E-state index is 8.96. The summed E-state index contributed by atoms with van der Waals surface area (Å²) in [5.74, 6) is 0. The Morgan fingerprint density at radius 3 is 2.67 bits per heavy atom. The maximum Gasteiger partial charge on any atom is 0.0447 e. The Labute approximate surface area is 111 Å². The number of benzene rings is 1. The van der Waals surface area contributed by atoms with Crippen LogP contribution in [-0.4, -0.2) is 31.3 Å². The summed E-state index contributed by atoms with van der Waals surface area (Å²) in [7, 11) is 0. The van der Waals surface area contributed by atoms with Gasteiger partial charge in [-0.2, -0.15) is 0 Å². The average Bonchev–Trinajstić information content (AvgIpc) is 2.41. The van der Waals surface area contributed by atoms with Gasteiger partial charge in [-0.15, -0.1) is 0 Å². The van der Waals surface area contributed by atoms with E-state index in [1.54, 1.807) is 0 Å². The van der Waals surface area contributed by atoms with Crippen LogP contribution in [0, 0.1) is 0 Å². The molecule has 1 aromatic carbocycles. The molecule has 0 amide bonds. The lowest BCUT2D eigenvalue weighted by Crippen LogP contribution is -2.27. The van der Waals surface area contributed by atoms with Crippen molar-refractivity contribution in [1.82, 2.24) is 5.32 Å². The van der Waals surface area contributed by atoms with E-state index in [4.69, 9.17) is 5.11 Å². The molecule has 0 atom stereocenters. The van der Waals surface area contributed by atoms with Gasteiger partial charge in [0.2, 0.25) is 0 Å². The van der Waals surface area contributed by atoms with Gasteiger partial charge < -0.3 is 15.3 Å². The van der Waals surface area contributed by atoms with Crippen LogP contribution in [0.1, 0.15) is 32.3 Å². The van der Waals surface area contributed by atoms with Crippen LogP contribution in [0.2, 0.25) is 0 Å². The average molecular weight is 250 g/mol. The normalized spacial score (nSPS) is 10.6. The van der Waals surface area contributed by atoms with E-state index >= 15 is 0 Å². The Hall–Kier alpha value is -1.06. The molecule has 0 aliphatic carbocycles. The molecule has 0 saturated carbocycles. The first kappa shape index (κ1) is 15.0. The van der Waals surface area contributed by atoms with Gasteiger partial charge in [0, 0.05) is 31.9 Å². The Balaban J connectivity index is 2.71. The van der Waals surface area contributed by atoms with Crippen LogP contribution in [-0.2, 0) is 6.54 Å². The summed E-state index contributed by atoms with van der Waals surface area (Å²) >= 11 is 0. The predicted octanol–water partition coefficient (Wildman–Crippen LogP) is 2.39. The molecule has 0 aromatic heterocycles. The molecule has 2 N–H and O–H groups in total. The molecule has 0 aliphatic heterocycles. The van der Waals surface area contributed by atoms with E-state index in [2.05, 4.69) is 48.3 Å². The third-order valence-electron chi connectivity index (χ3n) is 3.04. The standard InChI is InChI=1S/C15H26N2O/c1-3-10-16-13-14-8-5-6-9-15(14)17(4-2)11-7-12-18/h5-6,8-9,16,18H,3-4,7,10-13H2,1-2H3. The quantitative estimate of drug-likeness (QED) is 0.661. The molecule has 0 radical (unpaired) electrons. The van der Waals surface area contributed by atoms with Gasteiger partial charge in [0.15, 0.2) is 0 Å². The zero-order valence-electron chi connectivity index (χ0n) is 11.7. The van der Waals surface area contributed by atoms with Crippen molar-refractivity contribution in [2.75, 3.05) is 31.1 Å². The van der Waals surface area contributed by atoms with Crippen LogP contribution in [0.4, 0.5) is 5.69 Å². The zero-order valence-corrected chi connectivity index (χ0v) is 11.7. The largest absolute Gasteiger partial charge is 0.396 e. The summed E-state index contributed by atoms with van der Waals surface area (Å²) in [4.78, 5) is 2.33. The van der Waals surface area contributed by atoms with Crippen molar-refractivity contribution in [2.24, 2.45) is 0 Å². The fraction of sp³-hybridized carbons (Fsp3) is 0.600. The summed E-state index contributed by atoms with van der Waals surface area (Å²) in [5, 5.41) is 12.4. The third-order valence-corrected chi connectivity index (χ3v) is 3.04. The van der Waals surface area contributed by atoms with Gasteiger partial charge in [-0.05, 0) is 37.9 Å². The highest BCUT2D eigenvalue weighted by atomic mass is 16.3. The first-order valence-corrected chi connectivity index (χ1v) is 6.97. The highest BCUT2D eigenvalue weighted by Crippen LogP contribution is 2.20. The summed E-state index contributed by atoms with van der Waals surface area (Å²) < 4.78 is 0. The van der Waals surface area contributed by atoms with Crippen molar-refractivity contribution in [1.29, 1.82) is 0 Å². The molecule has 3 nitrogen and oxygen atoms in total. The van der Waals surface area contributed by atoms with Crippen molar-refractivity contribution in [2.45, 2.75) is 33.2 Å². The van der Waals surface area contributed by atoms with Gasteiger partial charge in [0.05, 0.1) is 0 Å². The van der Waals surface area contributed by atoms with Crippen LogP contribution in [0.25, 0.3) is 0 Å². The molecule has 0 spiro atoms. The Kier molecular flexibility index (Phi) is 7.46. The minimum absolute atomic E-state index is 0.257. The number of anilines is 1. The summed E-state index contributed by atoms with van der Waals surface area (Å²) in [6.07, 6.45) is 1.98. The second kappa shape index (κ2) is 8.95. The molecule has 0 fully saturated rings. The summed E-state index contributed by atoms with van der Waals surface area (Å²) in [5.41, 5.74) is 2.63. The van der Waals surface area contributed by atoms with E-state index in [0.29, 0.717) is 0 Å². The van der Waals surface area contributed by atoms with Crippen LogP contribution < -0.4 is 10.2 Å². The molecular formula is C15H26N2O. The molecule has 0 aliphatic rings. The smallest absolute Gasteiger partial charge is 0.0447 e. The van der Waals surface area contributed by atoms with E-state index in [1.165, 1.54) is 11.3 Å². The van der Waals surface area contributed by atoms with E-state index in [0.717, 1.165) is 39.0 Å². The number of nitrogens with one attached hydrogen (secondary N) is 1. The van der Waals surface area contributed by atoms with Crippen LogP contribution in [0.5, 0.6) is 0 Å². The molecule has 18 heavy (non-hydrogen) atoms. The van der Waals surface area contributed by atoms with E-state index in [1.807, 2.05) is 0 Å².